The third-order valence-electron chi connectivity index (χ3n) is 2.90. The first-order valence-corrected chi connectivity index (χ1v) is 7.24. The Morgan fingerprint density at radius 2 is 0.600 bits per heavy atom. The van der Waals surface area contributed by atoms with Crippen LogP contribution in [0.25, 0.3) is 0 Å². The van der Waals surface area contributed by atoms with E-state index in [2.05, 4.69) is 0 Å². The quantitative estimate of drug-likeness (QED) is 0.203. The van der Waals surface area contributed by atoms with Crippen LogP contribution in [0.4, 0.5) is 52.7 Å². The monoisotopic (exact) mass is 450 g/mol. The van der Waals surface area contributed by atoms with Gasteiger partial charge in [0.25, 0.3) is 0 Å². The zero-order valence-corrected chi connectivity index (χ0v) is 14.0. The standard InChI is InChI=1S/3C6H2F4/c7-3-1-4(8)6(10)2-5(3)9;7-3-1-4(8)6(10)5(9)2-3;7-3-1-2-4(8)6(10)5(3)9/h3*1-2H. The van der Waals surface area contributed by atoms with Crippen molar-refractivity contribution in [3.63, 3.8) is 0 Å². The highest BCUT2D eigenvalue weighted by Gasteiger charge is 2.12. The van der Waals surface area contributed by atoms with E-state index in [4.69, 9.17) is 0 Å². The van der Waals surface area contributed by atoms with Crippen molar-refractivity contribution in [3.05, 3.63) is 106 Å². The Labute approximate surface area is 160 Å². The second-order valence-corrected chi connectivity index (χ2v) is 5.02. The number of benzene rings is 3. The molecule has 0 spiro atoms. The fourth-order valence-electron chi connectivity index (χ4n) is 1.53. The highest BCUT2D eigenvalue weighted by Crippen LogP contribution is 2.13. The van der Waals surface area contributed by atoms with E-state index in [-0.39, 0.29) is 24.3 Å². The third kappa shape index (κ3) is 6.71. The lowest BCUT2D eigenvalue weighted by atomic mass is 10.3. The molecule has 0 saturated carbocycles. The largest absolute Gasteiger partial charge is 0.207 e. The van der Waals surface area contributed by atoms with Gasteiger partial charge in [-0.3, -0.25) is 0 Å². The Bertz CT molecular complexity index is 932. The van der Waals surface area contributed by atoms with Crippen LogP contribution in [0.2, 0.25) is 0 Å². The Morgan fingerprint density at radius 3 is 0.900 bits per heavy atom. The van der Waals surface area contributed by atoms with Crippen molar-refractivity contribution in [3.8, 4) is 0 Å². The molecule has 0 fully saturated rings. The summed E-state index contributed by atoms with van der Waals surface area (Å²) < 4.78 is 144. The highest BCUT2D eigenvalue weighted by atomic mass is 19.2. The molecule has 3 aromatic rings. The molecular weight excluding hydrogens is 444 g/mol. The highest BCUT2D eigenvalue weighted by molar-refractivity contribution is 5.11. The SMILES string of the molecule is Fc1cc(F)c(F)c(F)c1.Fc1cc(F)c(F)cc1F.Fc1ccc(F)c(F)c1F. The summed E-state index contributed by atoms with van der Waals surface area (Å²) >= 11 is 0. The van der Waals surface area contributed by atoms with E-state index in [0.717, 1.165) is 0 Å². The first kappa shape index (κ1) is 24.9. The lowest BCUT2D eigenvalue weighted by Crippen LogP contribution is -1.93. The molecular formula is C18H6F12. The average Bonchev–Trinajstić information content (AvgIpc) is 2.67. The van der Waals surface area contributed by atoms with Crippen LogP contribution in [-0.2, 0) is 0 Å². The summed E-state index contributed by atoms with van der Waals surface area (Å²) in [7, 11) is 0. The summed E-state index contributed by atoms with van der Waals surface area (Å²) in [5.74, 6) is -17.7. The molecule has 0 atom stereocenters. The van der Waals surface area contributed by atoms with Gasteiger partial charge in [0, 0.05) is 24.3 Å². The molecule has 0 bridgehead atoms. The summed E-state index contributed by atoms with van der Waals surface area (Å²) in [4.78, 5) is 0. The van der Waals surface area contributed by atoms with Crippen LogP contribution in [-0.4, -0.2) is 0 Å². The first-order chi connectivity index (χ1) is 13.8. The summed E-state index contributed by atoms with van der Waals surface area (Å²) in [5, 5.41) is 0. The molecule has 3 aromatic carbocycles. The fraction of sp³-hybridized carbons (Fsp3) is 0. The van der Waals surface area contributed by atoms with Gasteiger partial charge >= 0.3 is 0 Å². The van der Waals surface area contributed by atoms with Gasteiger partial charge in [0.15, 0.2) is 64.0 Å². The predicted molar refractivity (Wildman–Crippen MR) is 78.8 cm³/mol. The second-order valence-electron chi connectivity index (χ2n) is 5.02. The number of hydrogen-bond donors (Lipinski definition) is 0. The van der Waals surface area contributed by atoms with Crippen molar-refractivity contribution < 1.29 is 52.7 Å². The molecule has 0 aliphatic rings. The van der Waals surface area contributed by atoms with Crippen molar-refractivity contribution in [2.75, 3.05) is 0 Å². The second kappa shape index (κ2) is 10.6. The molecule has 30 heavy (non-hydrogen) atoms. The van der Waals surface area contributed by atoms with E-state index in [1.165, 1.54) is 0 Å². The molecule has 3 rings (SSSR count). The number of halogens is 12. The van der Waals surface area contributed by atoms with Crippen molar-refractivity contribution in [1.29, 1.82) is 0 Å². The lowest BCUT2D eigenvalue weighted by Gasteiger charge is -1.93. The maximum atomic E-state index is 12.0. The van der Waals surface area contributed by atoms with Gasteiger partial charge in [-0.25, -0.2) is 52.7 Å². The Morgan fingerprint density at radius 1 is 0.300 bits per heavy atom. The summed E-state index contributed by atoms with van der Waals surface area (Å²) in [6.45, 7) is 0. The van der Waals surface area contributed by atoms with Crippen LogP contribution in [0.15, 0.2) is 36.4 Å². The Hall–Kier alpha value is -3.18. The topological polar surface area (TPSA) is 0 Å². The minimum absolute atomic E-state index is 0.157. The van der Waals surface area contributed by atoms with E-state index >= 15 is 0 Å². The van der Waals surface area contributed by atoms with Gasteiger partial charge in [0.2, 0.25) is 0 Å². The smallest absolute Gasteiger partial charge is 0.197 e. The zero-order valence-electron chi connectivity index (χ0n) is 14.0. The summed E-state index contributed by atoms with van der Waals surface area (Å²) in [6.07, 6.45) is 0. The molecule has 0 aliphatic carbocycles. The minimum Gasteiger partial charge on any atom is -0.207 e. The molecule has 12 heteroatoms. The van der Waals surface area contributed by atoms with Crippen LogP contribution < -0.4 is 0 Å². The van der Waals surface area contributed by atoms with Crippen molar-refractivity contribution in [2.45, 2.75) is 0 Å². The molecule has 0 aromatic heterocycles. The van der Waals surface area contributed by atoms with Gasteiger partial charge in [-0.15, -0.1) is 0 Å². The fourth-order valence-corrected chi connectivity index (χ4v) is 1.53. The number of rotatable bonds is 0. The van der Waals surface area contributed by atoms with Gasteiger partial charge in [0.05, 0.1) is 0 Å². The lowest BCUT2D eigenvalue weighted by molar-refractivity contribution is 0.409. The van der Waals surface area contributed by atoms with Crippen molar-refractivity contribution in [1.82, 2.24) is 0 Å². The normalized spacial score (nSPS) is 10.0. The van der Waals surface area contributed by atoms with Crippen LogP contribution in [0.5, 0.6) is 0 Å². The van der Waals surface area contributed by atoms with Gasteiger partial charge in [0.1, 0.15) is 5.82 Å². The van der Waals surface area contributed by atoms with E-state index in [9.17, 15) is 52.7 Å². The maximum absolute atomic E-state index is 12.0. The van der Waals surface area contributed by atoms with Crippen LogP contribution in [0, 0.1) is 69.8 Å². The Balaban J connectivity index is 0.000000225. The molecule has 0 amide bonds. The minimum atomic E-state index is -1.78. The molecule has 0 nitrogen and oxygen atoms in total. The van der Waals surface area contributed by atoms with Gasteiger partial charge in [-0.2, -0.15) is 0 Å². The molecule has 0 unspecified atom stereocenters. The van der Waals surface area contributed by atoms with E-state index < -0.39 is 69.8 Å². The van der Waals surface area contributed by atoms with E-state index in [1.807, 2.05) is 0 Å². The predicted octanol–water partition coefficient (Wildman–Crippen LogP) is 6.73. The van der Waals surface area contributed by atoms with E-state index in [0.29, 0.717) is 12.1 Å². The van der Waals surface area contributed by atoms with Crippen LogP contribution >= 0.6 is 0 Å². The molecule has 0 N–H and O–H groups in total. The molecule has 0 saturated heterocycles. The summed E-state index contributed by atoms with van der Waals surface area (Å²) in [5.41, 5.74) is 0. The zero-order chi connectivity index (χ0) is 23.2. The molecule has 0 radical (unpaired) electrons. The van der Waals surface area contributed by atoms with Crippen LogP contribution in [0.1, 0.15) is 0 Å². The van der Waals surface area contributed by atoms with Crippen molar-refractivity contribution in [2.24, 2.45) is 0 Å². The summed E-state index contributed by atoms with van der Waals surface area (Å²) in [6, 6.07) is 1.91. The van der Waals surface area contributed by atoms with E-state index in [1.54, 1.807) is 0 Å². The van der Waals surface area contributed by atoms with Gasteiger partial charge in [-0.1, -0.05) is 0 Å². The van der Waals surface area contributed by atoms with Crippen molar-refractivity contribution >= 4 is 0 Å². The first-order valence-electron chi connectivity index (χ1n) is 7.24. The molecule has 0 heterocycles. The Kier molecular flexibility index (Phi) is 8.75. The number of hydrogen-bond acceptors (Lipinski definition) is 0. The van der Waals surface area contributed by atoms with Crippen LogP contribution in [0.3, 0.4) is 0 Å². The molecule has 162 valence electrons. The molecule has 0 aliphatic heterocycles. The maximum Gasteiger partial charge on any atom is 0.197 e. The average molecular weight is 450 g/mol. The third-order valence-corrected chi connectivity index (χ3v) is 2.90. The van der Waals surface area contributed by atoms with Gasteiger partial charge in [-0.05, 0) is 12.1 Å². The van der Waals surface area contributed by atoms with Gasteiger partial charge < -0.3 is 0 Å².